The number of rotatable bonds is 6. The molecule has 0 unspecified atom stereocenters. The monoisotopic (exact) mass is 421 g/mol. The van der Waals surface area contributed by atoms with Crippen LogP contribution in [0.4, 0.5) is 14.6 Å². The van der Waals surface area contributed by atoms with Gasteiger partial charge in [-0.2, -0.15) is 0 Å². The van der Waals surface area contributed by atoms with Crippen molar-refractivity contribution in [2.45, 2.75) is 39.8 Å². The highest BCUT2D eigenvalue weighted by Gasteiger charge is 2.29. The third kappa shape index (κ3) is 4.15. The van der Waals surface area contributed by atoms with E-state index in [4.69, 9.17) is 0 Å². The van der Waals surface area contributed by atoms with Gasteiger partial charge >= 0.3 is 0 Å². The minimum atomic E-state index is -0.299. The molecule has 0 bridgehead atoms. The lowest BCUT2D eigenvalue weighted by Gasteiger charge is -2.18. The van der Waals surface area contributed by atoms with Gasteiger partial charge in [0.1, 0.15) is 17.5 Å². The Morgan fingerprint density at radius 3 is 2.65 bits per heavy atom. The second-order valence-corrected chi connectivity index (χ2v) is 7.98. The lowest BCUT2D eigenvalue weighted by molar-refractivity contribution is 0.0787. The molecule has 0 saturated carbocycles. The van der Waals surface area contributed by atoms with Crippen LogP contribution in [0.2, 0.25) is 0 Å². The first-order valence-corrected chi connectivity index (χ1v) is 10.4. The van der Waals surface area contributed by atoms with Crippen molar-refractivity contribution < 1.29 is 13.6 Å². The number of hydrogen-bond acceptors (Lipinski definition) is 3. The third-order valence-electron chi connectivity index (χ3n) is 5.85. The van der Waals surface area contributed by atoms with Crippen molar-refractivity contribution in [1.29, 1.82) is 0 Å². The van der Waals surface area contributed by atoms with E-state index in [1.165, 1.54) is 12.1 Å². The van der Waals surface area contributed by atoms with Gasteiger partial charge < -0.3 is 10.2 Å². The number of benzene rings is 2. The SMILES string of the molecule is CCN1Cc2c(ccnc2N[C@@H](C)c2ccc(Cc3ccc(F)c(C)c3)c(F)c2)C1=O. The Balaban J connectivity index is 1.52. The number of halogens is 2. The number of nitrogens with zero attached hydrogens (tertiary/aromatic N) is 2. The molecule has 0 radical (unpaired) electrons. The molecular weight excluding hydrogens is 396 g/mol. The first-order valence-electron chi connectivity index (χ1n) is 10.4. The molecule has 6 heteroatoms. The Morgan fingerprint density at radius 1 is 1.13 bits per heavy atom. The summed E-state index contributed by atoms with van der Waals surface area (Å²) in [7, 11) is 0. The highest BCUT2D eigenvalue weighted by Crippen LogP contribution is 2.30. The van der Waals surface area contributed by atoms with E-state index in [0.717, 1.165) is 16.7 Å². The molecular formula is C25H25F2N3O. The summed E-state index contributed by atoms with van der Waals surface area (Å²) >= 11 is 0. The Kier molecular flexibility index (Phi) is 5.72. The Labute approximate surface area is 180 Å². The van der Waals surface area contributed by atoms with Gasteiger partial charge in [-0.05, 0) is 61.2 Å². The molecule has 3 aromatic rings. The normalized spacial score (nSPS) is 14.0. The number of pyridine rings is 1. The lowest BCUT2D eigenvalue weighted by atomic mass is 9.99. The summed E-state index contributed by atoms with van der Waals surface area (Å²) in [4.78, 5) is 18.6. The van der Waals surface area contributed by atoms with Gasteiger partial charge in [-0.15, -0.1) is 0 Å². The lowest BCUT2D eigenvalue weighted by Crippen LogP contribution is -2.22. The van der Waals surface area contributed by atoms with Crippen molar-refractivity contribution in [3.63, 3.8) is 0 Å². The Hall–Kier alpha value is -3.28. The number of aryl methyl sites for hydroxylation is 1. The number of fused-ring (bicyclic) bond motifs is 1. The molecule has 2 aromatic carbocycles. The van der Waals surface area contributed by atoms with Crippen LogP contribution in [-0.2, 0) is 13.0 Å². The number of carbonyl (C=O) groups is 1. The fraction of sp³-hybridized carbons (Fsp3) is 0.280. The molecule has 0 saturated heterocycles. The van der Waals surface area contributed by atoms with Crippen LogP contribution in [0.3, 0.4) is 0 Å². The van der Waals surface area contributed by atoms with Crippen LogP contribution in [-0.4, -0.2) is 22.3 Å². The highest BCUT2D eigenvalue weighted by atomic mass is 19.1. The molecule has 160 valence electrons. The Morgan fingerprint density at radius 2 is 1.94 bits per heavy atom. The molecule has 4 rings (SSSR count). The fourth-order valence-electron chi connectivity index (χ4n) is 3.97. The molecule has 31 heavy (non-hydrogen) atoms. The molecule has 1 aliphatic rings. The maximum Gasteiger partial charge on any atom is 0.254 e. The van der Waals surface area contributed by atoms with E-state index in [2.05, 4.69) is 10.3 Å². The van der Waals surface area contributed by atoms with Gasteiger partial charge in [0.15, 0.2) is 0 Å². The zero-order valence-electron chi connectivity index (χ0n) is 17.9. The second kappa shape index (κ2) is 8.46. The quantitative estimate of drug-likeness (QED) is 0.579. The number of nitrogens with one attached hydrogen (secondary N) is 1. The summed E-state index contributed by atoms with van der Waals surface area (Å²) in [6.45, 7) is 6.76. The van der Waals surface area contributed by atoms with Gasteiger partial charge in [-0.1, -0.05) is 24.3 Å². The number of amides is 1. The first kappa shape index (κ1) is 21.0. The van der Waals surface area contributed by atoms with Crippen molar-refractivity contribution in [2.24, 2.45) is 0 Å². The van der Waals surface area contributed by atoms with Gasteiger partial charge in [-0.3, -0.25) is 4.79 Å². The summed E-state index contributed by atoms with van der Waals surface area (Å²) in [6, 6.07) is 11.6. The summed E-state index contributed by atoms with van der Waals surface area (Å²) in [5.41, 5.74) is 4.31. The minimum absolute atomic E-state index is 0.0158. The maximum atomic E-state index is 14.8. The summed E-state index contributed by atoms with van der Waals surface area (Å²) in [5.74, 6) is 0.110. The van der Waals surface area contributed by atoms with Crippen LogP contribution in [0.15, 0.2) is 48.7 Å². The molecule has 1 aromatic heterocycles. The van der Waals surface area contributed by atoms with Gasteiger partial charge in [0.2, 0.25) is 0 Å². The van der Waals surface area contributed by atoms with E-state index in [-0.39, 0.29) is 23.6 Å². The van der Waals surface area contributed by atoms with Crippen molar-refractivity contribution in [1.82, 2.24) is 9.88 Å². The van der Waals surface area contributed by atoms with E-state index in [9.17, 15) is 13.6 Å². The first-order chi connectivity index (χ1) is 14.9. The summed E-state index contributed by atoms with van der Waals surface area (Å²) in [5, 5.41) is 3.34. The van der Waals surface area contributed by atoms with Crippen LogP contribution in [0.1, 0.15) is 58.1 Å². The van der Waals surface area contributed by atoms with Crippen LogP contribution in [0.25, 0.3) is 0 Å². The zero-order chi connectivity index (χ0) is 22.1. The minimum Gasteiger partial charge on any atom is -0.363 e. The average Bonchev–Trinajstić information content (AvgIpc) is 3.09. The summed E-state index contributed by atoms with van der Waals surface area (Å²) < 4.78 is 28.3. The number of aromatic nitrogens is 1. The summed E-state index contributed by atoms with van der Waals surface area (Å²) in [6.07, 6.45) is 2.02. The van der Waals surface area contributed by atoms with Crippen LogP contribution >= 0.6 is 0 Å². The van der Waals surface area contributed by atoms with Crippen molar-refractivity contribution in [2.75, 3.05) is 11.9 Å². The van der Waals surface area contributed by atoms with Gasteiger partial charge in [0.25, 0.3) is 5.91 Å². The van der Waals surface area contributed by atoms with E-state index in [1.54, 1.807) is 42.3 Å². The smallest absolute Gasteiger partial charge is 0.254 e. The number of anilines is 1. The largest absolute Gasteiger partial charge is 0.363 e. The molecule has 2 heterocycles. The molecule has 4 nitrogen and oxygen atoms in total. The third-order valence-corrected chi connectivity index (χ3v) is 5.85. The predicted octanol–water partition coefficient (Wildman–Crippen LogP) is 5.41. The molecule has 1 atom stereocenters. The number of carbonyl (C=O) groups excluding carboxylic acids is 1. The fourth-order valence-corrected chi connectivity index (χ4v) is 3.97. The van der Waals surface area contributed by atoms with Crippen molar-refractivity contribution >= 4 is 11.7 Å². The molecule has 1 amide bonds. The molecule has 1 aliphatic heterocycles. The van der Waals surface area contributed by atoms with Crippen LogP contribution in [0.5, 0.6) is 0 Å². The van der Waals surface area contributed by atoms with Gasteiger partial charge in [0, 0.05) is 30.3 Å². The highest BCUT2D eigenvalue weighted by molar-refractivity contribution is 5.99. The van der Waals surface area contributed by atoms with Crippen molar-refractivity contribution in [3.05, 3.63) is 93.7 Å². The molecule has 0 fully saturated rings. The molecule has 0 aliphatic carbocycles. The van der Waals surface area contributed by atoms with Gasteiger partial charge in [-0.25, -0.2) is 13.8 Å². The zero-order valence-corrected chi connectivity index (χ0v) is 17.9. The van der Waals surface area contributed by atoms with E-state index < -0.39 is 0 Å². The van der Waals surface area contributed by atoms with E-state index in [1.807, 2.05) is 19.9 Å². The number of hydrogen-bond donors (Lipinski definition) is 1. The van der Waals surface area contributed by atoms with E-state index in [0.29, 0.717) is 42.0 Å². The maximum absolute atomic E-state index is 14.8. The standard InChI is InChI=1S/C25H25F2N3O/c1-4-30-14-21-20(25(30)31)9-10-28-24(21)29-16(3)18-6-7-19(23(27)13-18)12-17-5-8-22(26)15(2)11-17/h5-11,13,16H,4,12,14H2,1-3H3,(H,28,29)/t16-/m0/s1. The van der Waals surface area contributed by atoms with Gasteiger partial charge in [0.05, 0.1) is 12.6 Å². The van der Waals surface area contributed by atoms with Crippen LogP contribution in [0, 0.1) is 18.6 Å². The van der Waals surface area contributed by atoms with E-state index >= 15 is 0 Å². The topological polar surface area (TPSA) is 45.2 Å². The predicted molar refractivity (Wildman–Crippen MR) is 117 cm³/mol. The second-order valence-electron chi connectivity index (χ2n) is 7.98. The van der Waals surface area contributed by atoms with Crippen molar-refractivity contribution in [3.8, 4) is 0 Å². The Bertz CT molecular complexity index is 1150. The molecule has 1 N–H and O–H groups in total. The average molecular weight is 421 g/mol. The van der Waals surface area contributed by atoms with Crippen LogP contribution < -0.4 is 5.32 Å². The molecule has 0 spiro atoms.